The van der Waals surface area contributed by atoms with Gasteiger partial charge in [0, 0.05) is 22.7 Å². The molecule has 2 rings (SSSR count). The average molecular weight is 287 g/mol. The van der Waals surface area contributed by atoms with E-state index < -0.39 is 0 Å². The smallest absolute Gasteiger partial charge is 0.125 e. The van der Waals surface area contributed by atoms with Crippen molar-refractivity contribution in [2.24, 2.45) is 0 Å². The highest BCUT2D eigenvalue weighted by atomic mass is 35.5. The van der Waals surface area contributed by atoms with Gasteiger partial charge >= 0.3 is 0 Å². The summed E-state index contributed by atoms with van der Waals surface area (Å²) in [5.74, 6) is 0. The Morgan fingerprint density at radius 3 is 2.82 bits per heavy atom. The molecule has 90 valence electrons. The van der Waals surface area contributed by atoms with Crippen LogP contribution in [-0.4, -0.2) is 12.0 Å². The standard InChI is InChI=1S/C12H12Cl2N2S/c1-7(15-2)10-6-16-12(17-10)8-4-3-5-9(13)11(8)14/h3-7,15H,1-2H3. The summed E-state index contributed by atoms with van der Waals surface area (Å²) >= 11 is 13.8. The van der Waals surface area contributed by atoms with Gasteiger partial charge in [-0.2, -0.15) is 0 Å². The van der Waals surface area contributed by atoms with Gasteiger partial charge in [-0.1, -0.05) is 35.3 Å². The molecule has 2 aromatic rings. The van der Waals surface area contributed by atoms with E-state index in [1.54, 1.807) is 17.4 Å². The molecule has 0 aliphatic heterocycles. The minimum atomic E-state index is 0.291. The van der Waals surface area contributed by atoms with E-state index in [1.165, 1.54) is 4.88 Å². The molecule has 1 heterocycles. The van der Waals surface area contributed by atoms with Crippen molar-refractivity contribution in [3.8, 4) is 10.6 Å². The molecule has 5 heteroatoms. The summed E-state index contributed by atoms with van der Waals surface area (Å²) in [6, 6.07) is 5.88. The molecule has 0 saturated carbocycles. The number of hydrogen-bond donors (Lipinski definition) is 1. The highest BCUT2D eigenvalue weighted by molar-refractivity contribution is 7.15. The Balaban J connectivity index is 2.40. The molecule has 1 aromatic carbocycles. The van der Waals surface area contributed by atoms with Crippen molar-refractivity contribution >= 4 is 34.5 Å². The van der Waals surface area contributed by atoms with E-state index in [9.17, 15) is 0 Å². The number of halogens is 2. The number of nitrogens with one attached hydrogen (secondary N) is 1. The first kappa shape index (κ1) is 12.8. The second-order valence-corrected chi connectivity index (χ2v) is 5.53. The van der Waals surface area contributed by atoms with Crippen molar-refractivity contribution in [3.63, 3.8) is 0 Å². The topological polar surface area (TPSA) is 24.9 Å². The zero-order chi connectivity index (χ0) is 12.4. The zero-order valence-corrected chi connectivity index (χ0v) is 11.8. The van der Waals surface area contributed by atoms with E-state index in [0.29, 0.717) is 16.1 Å². The molecular weight excluding hydrogens is 275 g/mol. The Bertz CT molecular complexity index is 525. The van der Waals surface area contributed by atoms with Gasteiger partial charge in [-0.25, -0.2) is 4.98 Å². The number of hydrogen-bond acceptors (Lipinski definition) is 3. The van der Waals surface area contributed by atoms with E-state index in [0.717, 1.165) is 10.6 Å². The molecule has 0 aliphatic carbocycles. The number of rotatable bonds is 3. The number of aromatic nitrogens is 1. The lowest BCUT2D eigenvalue weighted by Gasteiger charge is -2.05. The van der Waals surface area contributed by atoms with Crippen LogP contribution in [0.4, 0.5) is 0 Å². The van der Waals surface area contributed by atoms with Gasteiger partial charge in [0.05, 0.1) is 10.0 Å². The molecule has 1 aromatic heterocycles. The molecule has 0 amide bonds. The van der Waals surface area contributed by atoms with E-state index in [4.69, 9.17) is 23.2 Å². The first-order valence-electron chi connectivity index (χ1n) is 5.21. The molecular formula is C12H12Cl2N2S. The Labute approximate surface area is 115 Å². The molecule has 0 saturated heterocycles. The fourth-order valence-corrected chi connectivity index (χ4v) is 2.88. The van der Waals surface area contributed by atoms with Crippen LogP contribution in [0.1, 0.15) is 17.8 Å². The third-order valence-electron chi connectivity index (χ3n) is 2.57. The van der Waals surface area contributed by atoms with Crippen LogP contribution in [0.5, 0.6) is 0 Å². The summed E-state index contributed by atoms with van der Waals surface area (Å²) in [5, 5.41) is 5.20. The third kappa shape index (κ3) is 2.63. The van der Waals surface area contributed by atoms with Crippen LogP contribution in [0.25, 0.3) is 10.6 Å². The summed E-state index contributed by atoms with van der Waals surface area (Å²) in [7, 11) is 1.93. The predicted molar refractivity (Wildman–Crippen MR) is 75.0 cm³/mol. The highest BCUT2D eigenvalue weighted by Crippen LogP contribution is 2.36. The molecule has 0 aliphatic rings. The van der Waals surface area contributed by atoms with Crippen LogP contribution in [0, 0.1) is 0 Å². The van der Waals surface area contributed by atoms with Crippen molar-refractivity contribution in [3.05, 3.63) is 39.3 Å². The fraction of sp³-hybridized carbons (Fsp3) is 0.250. The average Bonchev–Trinajstić information content (AvgIpc) is 2.81. The van der Waals surface area contributed by atoms with Gasteiger partial charge in [0.25, 0.3) is 0 Å². The Hall–Kier alpha value is -0.610. The monoisotopic (exact) mass is 286 g/mol. The minimum absolute atomic E-state index is 0.291. The lowest BCUT2D eigenvalue weighted by atomic mass is 10.2. The lowest BCUT2D eigenvalue weighted by molar-refractivity contribution is 0.662. The van der Waals surface area contributed by atoms with Crippen LogP contribution >= 0.6 is 34.5 Å². The predicted octanol–water partition coefficient (Wildman–Crippen LogP) is 4.40. The molecule has 0 spiro atoms. The molecule has 17 heavy (non-hydrogen) atoms. The normalized spacial score (nSPS) is 12.7. The van der Waals surface area contributed by atoms with E-state index in [-0.39, 0.29) is 0 Å². The molecule has 0 bridgehead atoms. The number of benzene rings is 1. The van der Waals surface area contributed by atoms with Gasteiger partial charge in [0.1, 0.15) is 5.01 Å². The third-order valence-corrected chi connectivity index (χ3v) is 4.60. The van der Waals surface area contributed by atoms with E-state index >= 15 is 0 Å². The SMILES string of the molecule is CNC(C)c1cnc(-c2cccc(Cl)c2Cl)s1. The van der Waals surface area contributed by atoms with Crippen molar-refractivity contribution in [1.82, 2.24) is 10.3 Å². The first-order valence-corrected chi connectivity index (χ1v) is 6.78. The first-order chi connectivity index (χ1) is 8.13. The maximum Gasteiger partial charge on any atom is 0.125 e. The molecule has 1 atom stereocenters. The van der Waals surface area contributed by atoms with Crippen LogP contribution < -0.4 is 5.32 Å². The largest absolute Gasteiger partial charge is 0.312 e. The van der Waals surface area contributed by atoms with Gasteiger partial charge in [0.2, 0.25) is 0 Å². The van der Waals surface area contributed by atoms with Gasteiger partial charge < -0.3 is 5.32 Å². The second kappa shape index (κ2) is 5.36. The van der Waals surface area contributed by atoms with Gasteiger partial charge in [-0.15, -0.1) is 11.3 Å². The zero-order valence-electron chi connectivity index (χ0n) is 9.50. The van der Waals surface area contributed by atoms with E-state index in [2.05, 4.69) is 17.2 Å². The summed E-state index contributed by atoms with van der Waals surface area (Å²) in [6.45, 7) is 2.09. The van der Waals surface area contributed by atoms with Crippen LogP contribution in [-0.2, 0) is 0 Å². The van der Waals surface area contributed by atoms with Crippen molar-refractivity contribution in [2.45, 2.75) is 13.0 Å². The quantitative estimate of drug-likeness (QED) is 0.905. The second-order valence-electron chi connectivity index (χ2n) is 3.68. The maximum absolute atomic E-state index is 6.17. The van der Waals surface area contributed by atoms with Crippen LogP contribution in [0.15, 0.2) is 24.4 Å². The molecule has 1 N–H and O–H groups in total. The van der Waals surface area contributed by atoms with Crippen molar-refractivity contribution < 1.29 is 0 Å². The number of thiazole rings is 1. The van der Waals surface area contributed by atoms with Gasteiger partial charge in [-0.3, -0.25) is 0 Å². The Morgan fingerprint density at radius 1 is 1.35 bits per heavy atom. The lowest BCUT2D eigenvalue weighted by Crippen LogP contribution is -2.10. The summed E-state index contributed by atoms with van der Waals surface area (Å²) in [6.07, 6.45) is 1.87. The summed E-state index contributed by atoms with van der Waals surface area (Å²) < 4.78 is 0. The molecule has 0 radical (unpaired) electrons. The Kier molecular flexibility index (Phi) is 4.05. The Morgan fingerprint density at radius 2 is 2.12 bits per heavy atom. The maximum atomic E-state index is 6.17. The summed E-state index contributed by atoms with van der Waals surface area (Å²) in [4.78, 5) is 5.57. The highest BCUT2D eigenvalue weighted by Gasteiger charge is 2.12. The molecule has 2 nitrogen and oxygen atoms in total. The minimum Gasteiger partial charge on any atom is -0.312 e. The summed E-state index contributed by atoms with van der Waals surface area (Å²) in [5.41, 5.74) is 0.888. The molecule has 1 unspecified atom stereocenters. The van der Waals surface area contributed by atoms with Crippen molar-refractivity contribution in [2.75, 3.05) is 7.05 Å². The molecule has 0 fully saturated rings. The van der Waals surface area contributed by atoms with Crippen LogP contribution in [0.2, 0.25) is 10.0 Å². The van der Waals surface area contributed by atoms with Gasteiger partial charge in [-0.05, 0) is 20.0 Å². The van der Waals surface area contributed by atoms with Crippen molar-refractivity contribution in [1.29, 1.82) is 0 Å². The fourth-order valence-electron chi connectivity index (χ4n) is 1.42. The van der Waals surface area contributed by atoms with Gasteiger partial charge in [0.15, 0.2) is 0 Å². The van der Waals surface area contributed by atoms with E-state index in [1.807, 2.05) is 25.4 Å². The number of nitrogens with zero attached hydrogens (tertiary/aromatic N) is 1. The van der Waals surface area contributed by atoms with Crippen LogP contribution in [0.3, 0.4) is 0 Å².